The Morgan fingerprint density at radius 1 is 1.21 bits per heavy atom. The molecular weight excluding hydrogens is 236 g/mol. The summed E-state index contributed by atoms with van der Waals surface area (Å²) in [5.74, 6) is 0.886. The molecule has 0 heterocycles. The van der Waals surface area contributed by atoms with E-state index in [1.807, 2.05) is 12.1 Å². The lowest BCUT2D eigenvalue weighted by atomic mass is 9.93. The summed E-state index contributed by atoms with van der Waals surface area (Å²) in [5, 5.41) is 10.1. The van der Waals surface area contributed by atoms with Gasteiger partial charge in [0.05, 0.1) is 13.2 Å². The molecule has 0 fully saturated rings. The van der Waals surface area contributed by atoms with Crippen LogP contribution in [-0.4, -0.2) is 18.3 Å². The molecule has 2 heteroatoms. The molecule has 1 aromatic carbocycles. The Labute approximate surface area is 116 Å². The van der Waals surface area contributed by atoms with Crippen LogP contribution in [0.1, 0.15) is 44.1 Å². The van der Waals surface area contributed by atoms with E-state index in [0.717, 1.165) is 25.0 Å². The fourth-order valence-corrected chi connectivity index (χ4v) is 2.62. The largest absolute Gasteiger partial charge is 0.497 e. The summed E-state index contributed by atoms with van der Waals surface area (Å²) in [7, 11) is 1.68. The molecule has 19 heavy (non-hydrogen) atoms. The summed E-state index contributed by atoms with van der Waals surface area (Å²) >= 11 is 0. The molecule has 0 aromatic heterocycles. The Hall–Kier alpha value is -1.28. The number of aryl methyl sites for hydroxylation is 1. The number of hydrogen-bond donors (Lipinski definition) is 1. The Morgan fingerprint density at radius 2 is 2.00 bits per heavy atom. The molecule has 0 bridgehead atoms. The van der Waals surface area contributed by atoms with Gasteiger partial charge in [-0.05, 0) is 62.6 Å². The van der Waals surface area contributed by atoms with Crippen molar-refractivity contribution in [1.29, 1.82) is 0 Å². The minimum atomic E-state index is -0.202. The van der Waals surface area contributed by atoms with Crippen molar-refractivity contribution >= 4 is 0 Å². The maximum atomic E-state index is 10.1. The summed E-state index contributed by atoms with van der Waals surface area (Å²) in [5.41, 5.74) is 2.71. The number of aliphatic hydroxyl groups excluding tert-OH is 1. The van der Waals surface area contributed by atoms with E-state index in [2.05, 4.69) is 18.2 Å². The Bertz CT molecular complexity index is 406. The maximum Gasteiger partial charge on any atom is 0.118 e. The summed E-state index contributed by atoms with van der Waals surface area (Å²) in [6.07, 6.45) is 9.72. The minimum absolute atomic E-state index is 0.202. The maximum absolute atomic E-state index is 10.1. The van der Waals surface area contributed by atoms with Crippen LogP contribution in [0.3, 0.4) is 0 Å². The van der Waals surface area contributed by atoms with E-state index in [-0.39, 0.29) is 6.10 Å². The first-order valence-electron chi connectivity index (χ1n) is 7.27. The highest BCUT2D eigenvalue weighted by atomic mass is 16.5. The van der Waals surface area contributed by atoms with Crippen LogP contribution in [-0.2, 0) is 6.42 Å². The third-order valence-corrected chi connectivity index (χ3v) is 3.81. The molecule has 0 amide bonds. The molecule has 0 saturated carbocycles. The lowest BCUT2D eigenvalue weighted by molar-refractivity contribution is 0.163. The summed E-state index contributed by atoms with van der Waals surface area (Å²) in [4.78, 5) is 0. The first-order valence-corrected chi connectivity index (χ1v) is 7.27. The average Bonchev–Trinajstić information content (AvgIpc) is 2.47. The fourth-order valence-electron chi connectivity index (χ4n) is 2.62. The molecule has 1 atom stereocenters. The fraction of sp³-hybridized carbons (Fsp3) is 0.529. The summed E-state index contributed by atoms with van der Waals surface area (Å²) < 4.78 is 5.14. The van der Waals surface area contributed by atoms with E-state index >= 15 is 0 Å². The standard InChI is InChI=1S/C17H24O2/c1-19-17-11-8-14(9-12-17)7-10-16(18)13-15-5-3-2-4-6-15/h5,8-9,11-12,16,18H,2-4,6-7,10,13H2,1H3. The predicted octanol–water partition coefficient (Wildman–Crippen LogP) is 3.88. The van der Waals surface area contributed by atoms with Crippen molar-refractivity contribution in [3.05, 3.63) is 41.5 Å². The van der Waals surface area contributed by atoms with Crippen LogP contribution in [0, 0.1) is 0 Å². The normalized spacial score (nSPS) is 16.8. The van der Waals surface area contributed by atoms with Crippen molar-refractivity contribution in [2.45, 2.75) is 51.0 Å². The smallest absolute Gasteiger partial charge is 0.118 e. The van der Waals surface area contributed by atoms with Gasteiger partial charge in [0.1, 0.15) is 5.75 Å². The zero-order chi connectivity index (χ0) is 13.5. The third-order valence-electron chi connectivity index (χ3n) is 3.81. The van der Waals surface area contributed by atoms with E-state index in [1.54, 1.807) is 7.11 Å². The monoisotopic (exact) mass is 260 g/mol. The van der Waals surface area contributed by atoms with Gasteiger partial charge in [-0.15, -0.1) is 0 Å². The first-order chi connectivity index (χ1) is 9.28. The first kappa shape index (κ1) is 14.1. The number of hydrogen-bond acceptors (Lipinski definition) is 2. The van der Waals surface area contributed by atoms with Crippen LogP contribution in [0.15, 0.2) is 35.9 Å². The third kappa shape index (κ3) is 4.71. The van der Waals surface area contributed by atoms with Crippen molar-refractivity contribution in [3.63, 3.8) is 0 Å². The quantitative estimate of drug-likeness (QED) is 0.787. The molecule has 0 radical (unpaired) electrons. The van der Waals surface area contributed by atoms with Crippen LogP contribution >= 0.6 is 0 Å². The second-order valence-corrected chi connectivity index (χ2v) is 5.35. The number of rotatable bonds is 6. The van der Waals surface area contributed by atoms with Gasteiger partial charge in [0.15, 0.2) is 0 Å². The average molecular weight is 260 g/mol. The second kappa shape index (κ2) is 7.34. The molecule has 0 saturated heterocycles. The SMILES string of the molecule is COc1ccc(CCC(O)CC2=CCCCC2)cc1. The van der Waals surface area contributed by atoms with Crippen LogP contribution in [0.25, 0.3) is 0 Å². The number of aliphatic hydroxyl groups is 1. The molecule has 1 N–H and O–H groups in total. The number of methoxy groups -OCH3 is 1. The van der Waals surface area contributed by atoms with Crippen molar-refractivity contribution in [2.75, 3.05) is 7.11 Å². The Kier molecular flexibility index (Phi) is 5.46. The van der Waals surface area contributed by atoms with Crippen LogP contribution in [0.5, 0.6) is 5.75 Å². The number of ether oxygens (including phenoxy) is 1. The van der Waals surface area contributed by atoms with Gasteiger partial charge in [-0.2, -0.15) is 0 Å². The van der Waals surface area contributed by atoms with Gasteiger partial charge < -0.3 is 9.84 Å². The highest BCUT2D eigenvalue weighted by molar-refractivity contribution is 5.27. The van der Waals surface area contributed by atoms with E-state index in [4.69, 9.17) is 4.74 Å². The van der Waals surface area contributed by atoms with Gasteiger partial charge in [-0.25, -0.2) is 0 Å². The zero-order valence-electron chi connectivity index (χ0n) is 11.8. The van der Waals surface area contributed by atoms with Gasteiger partial charge in [0.25, 0.3) is 0 Å². The van der Waals surface area contributed by atoms with Crippen molar-refractivity contribution < 1.29 is 9.84 Å². The molecule has 1 unspecified atom stereocenters. The highest BCUT2D eigenvalue weighted by Gasteiger charge is 2.10. The van der Waals surface area contributed by atoms with Crippen molar-refractivity contribution in [2.24, 2.45) is 0 Å². The van der Waals surface area contributed by atoms with Gasteiger partial charge in [-0.1, -0.05) is 23.8 Å². The molecular formula is C17H24O2. The second-order valence-electron chi connectivity index (χ2n) is 5.35. The molecule has 0 spiro atoms. The lowest BCUT2D eigenvalue weighted by Crippen LogP contribution is -2.10. The van der Waals surface area contributed by atoms with Crippen LogP contribution in [0.4, 0.5) is 0 Å². The number of benzene rings is 1. The molecule has 2 nitrogen and oxygen atoms in total. The van der Waals surface area contributed by atoms with E-state index in [9.17, 15) is 5.11 Å². The van der Waals surface area contributed by atoms with Gasteiger partial charge in [0, 0.05) is 0 Å². The van der Waals surface area contributed by atoms with Crippen molar-refractivity contribution in [1.82, 2.24) is 0 Å². The molecule has 1 aliphatic rings. The topological polar surface area (TPSA) is 29.5 Å². The summed E-state index contributed by atoms with van der Waals surface area (Å²) in [6.45, 7) is 0. The zero-order valence-corrected chi connectivity index (χ0v) is 11.8. The molecule has 0 aliphatic heterocycles. The molecule has 1 aromatic rings. The van der Waals surface area contributed by atoms with Crippen molar-refractivity contribution in [3.8, 4) is 5.75 Å². The van der Waals surface area contributed by atoms with Gasteiger partial charge >= 0.3 is 0 Å². The van der Waals surface area contributed by atoms with E-state index in [1.165, 1.54) is 36.8 Å². The Balaban J connectivity index is 1.75. The van der Waals surface area contributed by atoms with Crippen LogP contribution < -0.4 is 4.74 Å². The minimum Gasteiger partial charge on any atom is -0.497 e. The molecule has 104 valence electrons. The highest BCUT2D eigenvalue weighted by Crippen LogP contribution is 2.23. The molecule has 2 rings (SSSR count). The van der Waals surface area contributed by atoms with Crippen LogP contribution in [0.2, 0.25) is 0 Å². The van der Waals surface area contributed by atoms with E-state index in [0.29, 0.717) is 0 Å². The lowest BCUT2D eigenvalue weighted by Gasteiger charge is -2.16. The van der Waals surface area contributed by atoms with Gasteiger partial charge in [0.2, 0.25) is 0 Å². The Morgan fingerprint density at radius 3 is 2.63 bits per heavy atom. The summed E-state index contributed by atoms with van der Waals surface area (Å²) in [6, 6.07) is 8.10. The van der Waals surface area contributed by atoms with E-state index < -0.39 is 0 Å². The van der Waals surface area contributed by atoms with Gasteiger partial charge in [-0.3, -0.25) is 0 Å². The molecule has 1 aliphatic carbocycles. The predicted molar refractivity (Wildman–Crippen MR) is 78.5 cm³/mol. The number of allylic oxidation sites excluding steroid dienone is 1.